The minimum Gasteiger partial charge on any atom is -0.375 e. The Kier molecular flexibility index (Phi) is 2.57. The molecule has 10 heavy (non-hydrogen) atoms. The van der Waals surface area contributed by atoms with E-state index in [0.717, 1.165) is 6.21 Å². The quantitative estimate of drug-likeness (QED) is 0.428. The number of hydrogen-bond acceptors (Lipinski definition) is 2. The lowest BCUT2D eigenvalue weighted by Gasteiger charge is -2.18. The predicted molar refractivity (Wildman–Crippen MR) is 40.6 cm³/mol. The molecule has 0 saturated carbocycles. The summed E-state index contributed by atoms with van der Waals surface area (Å²) in [5.41, 5.74) is 4.76. The van der Waals surface area contributed by atoms with Crippen LogP contribution in [0, 0.1) is 10.8 Å². The van der Waals surface area contributed by atoms with Gasteiger partial charge in [-0.1, -0.05) is 20.8 Å². The minimum absolute atomic E-state index is 0.243. The van der Waals surface area contributed by atoms with Crippen molar-refractivity contribution in [2.45, 2.75) is 20.8 Å². The lowest BCUT2D eigenvalue weighted by Crippen LogP contribution is -2.14. The Morgan fingerprint density at radius 3 is 1.90 bits per heavy atom. The van der Waals surface area contributed by atoms with Gasteiger partial charge in [0.2, 0.25) is 0 Å². The molecule has 0 saturated heterocycles. The molecule has 0 rings (SSSR count). The van der Waals surface area contributed by atoms with Crippen LogP contribution < -0.4 is 5.73 Å². The first-order chi connectivity index (χ1) is 4.39. The zero-order valence-corrected chi connectivity index (χ0v) is 6.53. The first-order valence-electron chi connectivity index (χ1n) is 3.06. The van der Waals surface area contributed by atoms with Crippen LogP contribution in [0.15, 0.2) is 11.5 Å². The molecule has 58 valence electrons. The molecule has 0 radical (unpaired) electrons. The normalized spacial score (nSPS) is 14.4. The van der Waals surface area contributed by atoms with Crippen molar-refractivity contribution in [2.75, 3.05) is 0 Å². The first kappa shape index (κ1) is 9.14. The summed E-state index contributed by atoms with van der Waals surface area (Å²) in [5.74, 6) is -0.762. The molecule has 0 aliphatic carbocycles. The highest BCUT2D eigenvalue weighted by atomic mass is 19.1. The predicted octanol–water partition coefficient (Wildman–Crippen LogP) is 1.82. The van der Waals surface area contributed by atoms with E-state index in [1.165, 1.54) is 0 Å². The fraction of sp³-hybridized carbons (Fsp3) is 0.571. The molecule has 0 unspecified atom stereocenters. The highest BCUT2D eigenvalue weighted by Crippen LogP contribution is 2.24. The Balaban J connectivity index is 4.71. The number of nitrogens with one attached hydrogen (secondary N) is 1. The van der Waals surface area contributed by atoms with E-state index < -0.39 is 5.95 Å². The summed E-state index contributed by atoms with van der Waals surface area (Å²) in [7, 11) is 0. The highest BCUT2D eigenvalue weighted by Gasteiger charge is 2.18. The van der Waals surface area contributed by atoms with Crippen molar-refractivity contribution < 1.29 is 4.39 Å². The number of nitrogens with two attached hydrogens (primary N) is 1. The third kappa shape index (κ3) is 2.17. The summed E-state index contributed by atoms with van der Waals surface area (Å²) in [4.78, 5) is 0. The smallest absolute Gasteiger partial charge is 0.189 e. The van der Waals surface area contributed by atoms with Gasteiger partial charge in [0.05, 0.1) is 0 Å². The van der Waals surface area contributed by atoms with Crippen LogP contribution in [0.3, 0.4) is 0 Å². The second-order valence-corrected chi connectivity index (χ2v) is 3.16. The van der Waals surface area contributed by atoms with Crippen LogP contribution in [-0.2, 0) is 0 Å². The SMILES string of the molecule is CC(C)(C)/C(C=N)=C(/N)F. The van der Waals surface area contributed by atoms with Crippen LogP contribution in [0.2, 0.25) is 0 Å². The maximum atomic E-state index is 12.4. The Morgan fingerprint density at radius 2 is 1.90 bits per heavy atom. The lowest BCUT2D eigenvalue weighted by molar-refractivity contribution is 0.490. The van der Waals surface area contributed by atoms with Crippen molar-refractivity contribution in [3.63, 3.8) is 0 Å². The van der Waals surface area contributed by atoms with Gasteiger partial charge in [-0.3, -0.25) is 0 Å². The Labute approximate surface area is 60.4 Å². The topological polar surface area (TPSA) is 49.9 Å². The molecule has 0 amide bonds. The standard InChI is InChI=1S/C7H13FN2/c1-7(2,3)5(4-9)6(8)10/h4,9H,10H2,1-3H3/b6-5+,9-4?. The Bertz CT molecular complexity index is 161. The summed E-state index contributed by atoms with van der Waals surface area (Å²) < 4.78 is 12.4. The average molecular weight is 144 g/mol. The molecule has 0 spiro atoms. The maximum Gasteiger partial charge on any atom is 0.189 e. The molecule has 0 fully saturated rings. The van der Waals surface area contributed by atoms with Gasteiger partial charge in [-0.2, -0.15) is 4.39 Å². The van der Waals surface area contributed by atoms with Gasteiger partial charge in [0.15, 0.2) is 5.95 Å². The van der Waals surface area contributed by atoms with E-state index in [2.05, 4.69) is 0 Å². The van der Waals surface area contributed by atoms with Crippen molar-refractivity contribution in [2.24, 2.45) is 11.1 Å². The van der Waals surface area contributed by atoms with Crippen LogP contribution in [0.1, 0.15) is 20.8 Å². The van der Waals surface area contributed by atoms with Gasteiger partial charge >= 0.3 is 0 Å². The molecule has 3 N–H and O–H groups in total. The number of hydrogen-bond donors (Lipinski definition) is 2. The van der Waals surface area contributed by atoms with Crippen molar-refractivity contribution >= 4 is 6.21 Å². The van der Waals surface area contributed by atoms with Gasteiger partial charge in [0, 0.05) is 11.8 Å². The lowest BCUT2D eigenvalue weighted by atomic mass is 9.87. The largest absolute Gasteiger partial charge is 0.375 e. The summed E-state index contributed by atoms with van der Waals surface area (Å²) in [5, 5.41) is 6.84. The fourth-order valence-electron chi connectivity index (χ4n) is 0.644. The second-order valence-electron chi connectivity index (χ2n) is 3.16. The van der Waals surface area contributed by atoms with Crippen molar-refractivity contribution in [3.8, 4) is 0 Å². The molecule has 0 atom stereocenters. The molecule has 0 aromatic heterocycles. The van der Waals surface area contributed by atoms with Gasteiger partial charge in [0.25, 0.3) is 0 Å². The fourth-order valence-corrected chi connectivity index (χ4v) is 0.644. The van der Waals surface area contributed by atoms with Gasteiger partial charge in [0.1, 0.15) is 0 Å². The van der Waals surface area contributed by atoms with Gasteiger partial charge in [-0.15, -0.1) is 0 Å². The van der Waals surface area contributed by atoms with E-state index in [9.17, 15) is 4.39 Å². The molecule has 0 heterocycles. The molecular weight excluding hydrogens is 131 g/mol. The molecule has 0 bridgehead atoms. The zero-order valence-electron chi connectivity index (χ0n) is 6.53. The average Bonchev–Trinajstić information content (AvgIpc) is 1.60. The van der Waals surface area contributed by atoms with Crippen molar-refractivity contribution in [1.82, 2.24) is 0 Å². The monoisotopic (exact) mass is 144 g/mol. The molecule has 0 aromatic carbocycles. The maximum absolute atomic E-state index is 12.4. The third-order valence-corrected chi connectivity index (χ3v) is 1.21. The number of allylic oxidation sites excluding steroid dienone is 1. The van der Waals surface area contributed by atoms with Gasteiger partial charge in [-0.25, -0.2) is 0 Å². The van der Waals surface area contributed by atoms with Crippen molar-refractivity contribution in [1.29, 1.82) is 5.41 Å². The number of halogens is 1. The summed E-state index contributed by atoms with van der Waals surface area (Å²) in [6.07, 6.45) is 0.954. The van der Waals surface area contributed by atoms with Gasteiger partial charge in [-0.05, 0) is 5.41 Å². The van der Waals surface area contributed by atoms with Crippen molar-refractivity contribution in [3.05, 3.63) is 11.5 Å². The third-order valence-electron chi connectivity index (χ3n) is 1.21. The molecule has 0 aliphatic rings. The molecular formula is C7H13FN2. The molecule has 0 aliphatic heterocycles. The van der Waals surface area contributed by atoms with Crippen LogP contribution in [0.5, 0.6) is 0 Å². The Hall–Kier alpha value is -0.860. The summed E-state index contributed by atoms with van der Waals surface area (Å²) >= 11 is 0. The Morgan fingerprint density at radius 1 is 1.50 bits per heavy atom. The minimum atomic E-state index is -0.762. The van der Waals surface area contributed by atoms with E-state index in [1.807, 2.05) is 0 Å². The number of rotatable bonds is 1. The highest BCUT2D eigenvalue weighted by molar-refractivity contribution is 5.77. The van der Waals surface area contributed by atoms with E-state index in [1.54, 1.807) is 20.8 Å². The van der Waals surface area contributed by atoms with E-state index in [4.69, 9.17) is 11.1 Å². The van der Waals surface area contributed by atoms with E-state index in [-0.39, 0.29) is 11.0 Å². The first-order valence-corrected chi connectivity index (χ1v) is 3.06. The molecule has 3 heteroatoms. The van der Waals surface area contributed by atoms with Crippen LogP contribution in [0.4, 0.5) is 4.39 Å². The van der Waals surface area contributed by atoms with E-state index >= 15 is 0 Å². The second kappa shape index (κ2) is 2.82. The summed E-state index contributed by atoms with van der Waals surface area (Å²) in [6, 6.07) is 0. The van der Waals surface area contributed by atoms with Crippen LogP contribution in [0.25, 0.3) is 0 Å². The molecule has 0 aromatic rings. The summed E-state index contributed by atoms with van der Waals surface area (Å²) in [6.45, 7) is 5.42. The van der Waals surface area contributed by atoms with Gasteiger partial charge < -0.3 is 11.1 Å². The van der Waals surface area contributed by atoms with E-state index in [0.29, 0.717) is 0 Å². The van der Waals surface area contributed by atoms with Crippen LogP contribution >= 0.6 is 0 Å². The molecule has 2 nitrogen and oxygen atoms in total. The zero-order chi connectivity index (χ0) is 8.36. The van der Waals surface area contributed by atoms with Crippen LogP contribution in [-0.4, -0.2) is 6.21 Å².